The molecule has 0 radical (unpaired) electrons. The van der Waals surface area contributed by atoms with Gasteiger partial charge in [-0.2, -0.15) is 12.7 Å². The molecule has 11 nitrogen and oxygen atoms in total. The number of nitrogens with one attached hydrogen (secondary N) is 1. The third kappa shape index (κ3) is 6.75. The molecule has 3 aromatic rings. The number of unbranched alkanes of at least 4 members (excludes halogenated alkanes) is 3. The van der Waals surface area contributed by atoms with Gasteiger partial charge in [-0.1, -0.05) is 26.2 Å². The summed E-state index contributed by atoms with van der Waals surface area (Å²) >= 11 is 0. The van der Waals surface area contributed by atoms with Crippen LogP contribution in [-0.2, 0) is 21.5 Å². The molecule has 1 fully saturated rings. The molecule has 4 rings (SSSR count). The number of rotatable bonds is 11. The third-order valence-corrected chi connectivity index (χ3v) is 8.86. The normalized spacial score (nSPS) is 17.1. The van der Waals surface area contributed by atoms with Gasteiger partial charge in [0.05, 0.1) is 17.6 Å². The van der Waals surface area contributed by atoms with E-state index in [0.29, 0.717) is 18.8 Å². The van der Waals surface area contributed by atoms with Crippen molar-refractivity contribution in [2.75, 3.05) is 45.6 Å². The maximum atomic E-state index is 13.0. The minimum absolute atomic E-state index is 0.254. The zero-order valence-electron chi connectivity index (χ0n) is 23.2. The summed E-state index contributed by atoms with van der Waals surface area (Å²) in [7, 11) is -0.803. The zero-order chi connectivity index (χ0) is 28.0. The van der Waals surface area contributed by atoms with Gasteiger partial charge in [-0.25, -0.2) is 9.78 Å². The molecule has 0 aliphatic carbocycles. The molecule has 12 heteroatoms. The van der Waals surface area contributed by atoms with Gasteiger partial charge in [0.15, 0.2) is 6.23 Å². The van der Waals surface area contributed by atoms with E-state index in [-0.39, 0.29) is 6.54 Å². The Bertz CT molecular complexity index is 1360. The number of amides is 1. The van der Waals surface area contributed by atoms with Gasteiger partial charge < -0.3 is 9.30 Å². The quantitative estimate of drug-likeness (QED) is 0.355. The molecule has 0 saturated carbocycles. The Morgan fingerprint density at radius 3 is 2.67 bits per heavy atom. The van der Waals surface area contributed by atoms with Crippen LogP contribution < -0.4 is 5.32 Å². The molecule has 1 aliphatic rings. The fraction of sp³-hybridized carbons (Fsp3) is 0.519. The molecule has 1 unspecified atom stereocenters. The number of hydrogen-bond donors (Lipinski definition) is 1. The molecule has 3 heterocycles. The van der Waals surface area contributed by atoms with Gasteiger partial charge in [-0.3, -0.25) is 15.2 Å². The van der Waals surface area contributed by atoms with Crippen LogP contribution in [0.3, 0.4) is 0 Å². The van der Waals surface area contributed by atoms with Crippen molar-refractivity contribution in [3.8, 4) is 11.4 Å². The van der Waals surface area contributed by atoms with Crippen molar-refractivity contribution in [2.45, 2.75) is 52.3 Å². The maximum absolute atomic E-state index is 13.0. The van der Waals surface area contributed by atoms with Crippen LogP contribution in [0.2, 0.25) is 0 Å². The molecule has 1 amide bonds. The average molecular weight is 558 g/mol. The highest BCUT2D eigenvalue weighted by molar-refractivity contribution is 7.86. The lowest BCUT2D eigenvalue weighted by Gasteiger charge is -2.40. The second kappa shape index (κ2) is 12.9. The van der Waals surface area contributed by atoms with Crippen molar-refractivity contribution in [1.82, 2.24) is 28.0 Å². The fourth-order valence-corrected chi connectivity index (χ4v) is 5.97. The number of piperazine rings is 1. The van der Waals surface area contributed by atoms with E-state index in [9.17, 15) is 13.2 Å². The van der Waals surface area contributed by atoms with E-state index in [1.54, 1.807) is 24.5 Å². The summed E-state index contributed by atoms with van der Waals surface area (Å²) in [5.41, 5.74) is 3.08. The van der Waals surface area contributed by atoms with Gasteiger partial charge in [-0.05, 0) is 50.2 Å². The lowest BCUT2D eigenvalue weighted by atomic mass is 10.2. The first-order chi connectivity index (χ1) is 18.7. The number of ether oxygens (including phenoxy) is 1. The van der Waals surface area contributed by atoms with E-state index >= 15 is 0 Å². The van der Waals surface area contributed by atoms with E-state index in [0.717, 1.165) is 59.1 Å². The van der Waals surface area contributed by atoms with E-state index in [2.05, 4.69) is 33.6 Å². The standard InChI is InChI=1S/C27H39N7O4S/c1-5-7-8-9-15-32-16-17-34(39(36,37)31(3)4)25(20-32)38-27(35)29-22-12-13-24-23(18-22)30-26(33(24)6-2)21-11-10-14-28-19-21/h10-14,18-19,25H,5-9,15-17,20H2,1-4H3,(H,29,35). The predicted octanol–water partition coefficient (Wildman–Crippen LogP) is 4.00. The Morgan fingerprint density at radius 2 is 1.97 bits per heavy atom. The van der Waals surface area contributed by atoms with Crippen molar-refractivity contribution >= 4 is 33.0 Å². The molecule has 1 N–H and O–H groups in total. The second-order valence-corrected chi connectivity index (χ2v) is 12.0. The zero-order valence-corrected chi connectivity index (χ0v) is 24.0. The van der Waals surface area contributed by atoms with Crippen LogP contribution in [0.25, 0.3) is 22.4 Å². The number of aryl methyl sites for hydroxylation is 1. The molecule has 1 saturated heterocycles. The number of nitrogens with zero attached hydrogens (tertiary/aromatic N) is 6. The van der Waals surface area contributed by atoms with Gasteiger partial charge in [0.2, 0.25) is 0 Å². The van der Waals surface area contributed by atoms with Gasteiger partial charge in [0, 0.05) is 57.4 Å². The summed E-state index contributed by atoms with van der Waals surface area (Å²) in [6, 6.07) is 9.32. The van der Waals surface area contributed by atoms with Gasteiger partial charge in [0.25, 0.3) is 10.2 Å². The SMILES string of the molecule is CCCCCCN1CCN(S(=O)(=O)N(C)C)C(OC(=O)Nc2ccc3c(c2)nc(-c2cccnc2)n3CC)C1. The van der Waals surface area contributed by atoms with Crippen molar-refractivity contribution < 1.29 is 17.9 Å². The van der Waals surface area contributed by atoms with Gasteiger partial charge >= 0.3 is 6.09 Å². The average Bonchev–Trinajstić information content (AvgIpc) is 3.29. The summed E-state index contributed by atoms with van der Waals surface area (Å²) in [6.45, 7) is 6.95. The van der Waals surface area contributed by atoms with Gasteiger partial charge in [0.1, 0.15) is 5.82 Å². The van der Waals surface area contributed by atoms with Crippen molar-refractivity contribution in [1.29, 1.82) is 0 Å². The Hall–Kier alpha value is -3.06. The highest BCUT2D eigenvalue weighted by Gasteiger charge is 2.38. The predicted molar refractivity (Wildman–Crippen MR) is 152 cm³/mol. The number of benzene rings is 1. The highest BCUT2D eigenvalue weighted by atomic mass is 32.2. The van der Waals surface area contributed by atoms with Crippen molar-refractivity contribution in [3.63, 3.8) is 0 Å². The molecule has 1 aromatic carbocycles. The Labute approximate surface area is 230 Å². The summed E-state index contributed by atoms with van der Waals surface area (Å²) in [5, 5.41) is 2.77. The Balaban J connectivity index is 1.49. The molecular weight excluding hydrogens is 518 g/mol. The lowest BCUT2D eigenvalue weighted by molar-refractivity contribution is -0.0188. The van der Waals surface area contributed by atoms with E-state index in [1.807, 2.05) is 18.2 Å². The number of carbonyl (C=O) groups is 1. The number of hydrogen-bond acceptors (Lipinski definition) is 7. The van der Waals surface area contributed by atoms with Gasteiger partial charge in [-0.15, -0.1) is 4.31 Å². The van der Waals surface area contributed by atoms with Crippen molar-refractivity contribution in [3.05, 3.63) is 42.7 Å². The fourth-order valence-electron chi connectivity index (χ4n) is 4.84. The minimum Gasteiger partial charge on any atom is -0.427 e. The molecule has 1 atom stereocenters. The maximum Gasteiger partial charge on any atom is 0.413 e. The minimum atomic E-state index is -3.76. The van der Waals surface area contributed by atoms with E-state index in [1.165, 1.54) is 24.8 Å². The summed E-state index contributed by atoms with van der Waals surface area (Å²) in [5.74, 6) is 0.797. The topological polar surface area (TPSA) is 113 Å². The molecule has 2 aromatic heterocycles. The monoisotopic (exact) mass is 557 g/mol. The summed E-state index contributed by atoms with van der Waals surface area (Å²) < 4.78 is 36.2. The third-order valence-electron chi connectivity index (χ3n) is 6.93. The molecule has 0 bridgehead atoms. The van der Waals surface area contributed by atoms with Crippen LogP contribution in [0.5, 0.6) is 0 Å². The number of pyridine rings is 1. The van der Waals surface area contributed by atoms with Crippen LogP contribution in [0.1, 0.15) is 39.5 Å². The lowest BCUT2D eigenvalue weighted by Crippen LogP contribution is -2.59. The largest absolute Gasteiger partial charge is 0.427 e. The number of imidazole rings is 1. The van der Waals surface area contributed by atoms with E-state index < -0.39 is 22.5 Å². The molecular formula is C27H39N7O4S. The van der Waals surface area contributed by atoms with Crippen LogP contribution in [0, 0.1) is 0 Å². The van der Waals surface area contributed by atoms with Crippen LogP contribution in [0.15, 0.2) is 42.7 Å². The second-order valence-electron chi connectivity index (χ2n) is 9.87. The van der Waals surface area contributed by atoms with Crippen LogP contribution >= 0.6 is 0 Å². The summed E-state index contributed by atoms with van der Waals surface area (Å²) in [6.07, 6.45) is 6.31. The number of fused-ring (bicyclic) bond motifs is 1. The Morgan fingerprint density at radius 1 is 1.15 bits per heavy atom. The smallest absolute Gasteiger partial charge is 0.413 e. The summed E-state index contributed by atoms with van der Waals surface area (Å²) in [4.78, 5) is 24.1. The van der Waals surface area contributed by atoms with Crippen molar-refractivity contribution in [2.24, 2.45) is 0 Å². The number of anilines is 1. The van der Waals surface area contributed by atoms with E-state index in [4.69, 9.17) is 9.72 Å². The van der Waals surface area contributed by atoms with Crippen LogP contribution in [0.4, 0.5) is 10.5 Å². The molecule has 1 aliphatic heterocycles. The first-order valence-corrected chi connectivity index (χ1v) is 14.9. The molecule has 39 heavy (non-hydrogen) atoms. The molecule has 0 spiro atoms. The highest BCUT2D eigenvalue weighted by Crippen LogP contribution is 2.27. The Kier molecular flexibility index (Phi) is 9.54. The first-order valence-electron chi connectivity index (χ1n) is 13.5. The first kappa shape index (κ1) is 28.9. The number of aromatic nitrogens is 3. The number of carbonyl (C=O) groups excluding carboxylic acids is 1. The molecule has 212 valence electrons. The van der Waals surface area contributed by atoms with Crippen LogP contribution in [-0.4, -0.2) is 89.1 Å².